The number of alkyl halides is 18. The molecule has 0 fully saturated rings. The predicted octanol–water partition coefficient (Wildman–Crippen LogP) is 8.18. The summed E-state index contributed by atoms with van der Waals surface area (Å²) >= 11 is 14.5. The van der Waals surface area contributed by atoms with E-state index in [1.54, 1.807) is 0 Å². The molecule has 0 saturated heterocycles. The molecule has 0 spiro atoms. The summed E-state index contributed by atoms with van der Waals surface area (Å²) in [5.41, 5.74) is -11.0. The number of hydrogen-bond donors (Lipinski definition) is 0. The first-order valence-corrected chi connectivity index (χ1v) is 10.0. The van der Waals surface area contributed by atoms with Crippen LogP contribution in [-0.2, 0) is 104 Å². The Balaban J connectivity index is -0.000000569. The maximum Gasteiger partial charge on any atom is 1.00 e. The van der Waals surface area contributed by atoms with E-state index in [-0.39, 0.29) is 67.1 Å². The third-order valence-electron chi connectivity index (χ3n) is 3.61. The van der Waals surface area contributed by atoms with Crippen molar-refractivity contribution in [2.24, 2.45) is 0 Å². The Hall–Kier alpha value is -0.539. The van der Waals surface area contributed by atoms with E-state index in [0.29, 0.717) is 0 Å². The van der Waals surface area contributed by atoms with Gasteiger partial charge in [0, 0.05) is 0 Å². The minimum atomic E-state index is -5.03. The molecular weight excluding hydrogens is 1040 g/mol. The molecular formula is C15Ag3Cl3F18N6. The summed E-state index contributed by atoms with van der Waals surface area (Å²) in [5.74, 6) is 0. The van der Waals surface area contributed by atoms with E-state index >= 15 is 0 Å². The van der Waals surface area contributed by atoms with Crippen molar-refractivity contribution in [1.29, 1.82) is 0 Å². The van der Waals surface area contributed by atoms with Gasteiger partial charge in [-0.25, -0.2) is 0 Å². The van der Waals surface area contributed by atoms with Gasteiger partial charge in [-0.15, -0.1) is 0 Å². The maximum absolute atomic E-state index is 11.9. The molecule has 0 bridgehead atoms. The second-order valence-corrected chi connectivity index (χ2v) is 7.75. The Morgan fingerprint density at radius 3 is 0.556 bits per heavy atom. The van der Waals surface area contributed by atoms with Crippen LogP contribution >= 0.6 is 34.8 Å². The maximum atomic E-state index is 11.9. The summed E-state index contributed by atoms with van der Waals surface area (Å²) in [4.78, 5) is 0. The molecule has 30 heteroatoms. The molecule has 0 atom stereocenters. The van der Waals surface area contributed by atoms with Gasteiger partial charge in [-0.2, -0.15) is 79.0 Å². The number of rotatable bonds is 0. The van der Waals surface area contributed by atoms with E-state index < -0.39 is 86.3 Å². The molecule has 3 heterocycles. The van der Waals surface area contributed by atoms with Gasteiger partial charge in [-0.1, -0.05) is 34.8 Å². The Bertz CT molecular complexity index is 1090. The summed E-state index contributed by atoms with van der Waals surface area (Å²) in [6, 6.07) is 0. The van der Waals surface area contributed by atoms with Crippen molar-refractivity contribution >= 4 is 34.8 Å². The van der Waals surface area contributed by atoms with Gasteiger partial charge in [-0.3, -0.25) is 0 Å². The van der Waals surface area contributed by atoms with Gasteiger partial charge in [0.2, 0.25) is 0 Å². The largest absolute Gasteiger partial charge is 1.00 e. The summed E-state index contributed by atoms with van der Waals surface area (Å²) in [5, 5.41) is 9.39. The molecule has 0 N–H and O–H groups in total. The van der Waals surface area contributed by atoms with Crippen LogP contribution in [0.15, 0.2) is 0 Å². The monoisotopic (exact) mass is 1030 g/mol. The normalized spacial score (nSPS) is 12.5. The van der Waals surface area contributed by atoms with Crippen molar-refractivity contribution in [2.75, 3.05) is 0 Å². The molecule has 0 amide bonds. The minimum absolute atomic E-state index is 0. The number of aromatic nitrogens is 6. The van der Waals surface area contributed by atoms with Gasteiger partial charge < -0.3 is 30.6 Å². The van der Waals surface area contributed by atoms with Crippen LogP contribution in [0.2, 0.25) is 15.1 Å². The third kappa shape index (κ3) is 13.5. The molecule has 6 nitrogen and oxygen atoms in total. The van der Waals surface area contributed by atoms with Crippen LogP contribution in [0.25, 0.3) is 0 Å². The molecule has 0 aliphatic heterocycles. The summed E-state index contributed by atoms with van der Waals surface area (Å²) < 4.78 is 214. The number of nitrogens with zero attached hydrogens (tertiary/aromatic N) is 6. The standard InChI is InChI=1S/3C5ClF6N2.3Ag/c3*6-1-2(4(7,8)9)13-14-3(1)5(10,11)12;;;/q3*-1;3*+1. The molecule has 3 aromatic rings. The zero-order valence-corrected chi connectivity index (χ0v) is 25.7. The van der Waals surface area contributed by atoms with Crippen LogP contribution in [0.3, 0.4) is 0 Å². The van der Waals surface area contributed by atoms with E-state index in [1.807, 2.05) is 0 Å². The average molecular weight is 1040 g/mol. The van der Waals surface area contributed by atoms with Crippen LogP contribution in [0.4, 0.5) is 79.0 Å². The second kappa shape index (κ2) is 16.7. The van der Waals surface area contributed by atoms with E-state index in [2.05, 4.69) is 30.6 Å². The summed E-state index contributed by atoms with van der Waals surface area (Å²) in [6.07, 6.45) is -30.2. The van der Waals surface area contributed by atoms with Crippen molar-refractivity contribution in [3.8, 4) is 0 Å². The molecule has 0 aromatic carbocycles. The molecule has 270 valence electrons. The van der Waals surface area contributed by atoms with Crippen molar-refractivity contribution in [3.63, 3.8) is 0 Å². The Morgan fingerprint density at radius 2 is 0.489 bits per heavy atom. The smallest absolute Gasteiger partial charge is 0.570 e. The van der Waals surface area contributed by atoms with Crippen molar-refractivity contribution < 1.29 is 146 Å². The Labute approximate surface area is 296 Å². The quantitative estimate of drug-likeness (QED) is 0.167. The van der Waals surface area contributed by atoms with Gasteiger partial charge in [0.1, 0.15) is 17.1 Å². The summed E-state index contributed by atoms with van der Waals surface area (Å²) in [6.45, 7) is 0. The van der Waals surface area contributed by atoms with E-state index in [0.717, 1.165) is 0 Å². The van der Waals surface area contributed by atoms with Crippen LogP contribution in [-0.4, -0.2) is 15.3 Å². The Morgan fingerprint density at radius 1 is 0.333 bits per heavy atom. The van der Waals surface area contributed by atoms with Gasteiger partial charge in [0.05, 0.1) is 15.1 Å². The summed E-state index contributed by atoms with van der Waals surface area (Å²) in [7, 11) is 0. The zero-order valence-electron chi connectivity index (χ0n) is 19.0. The van der Waals surface area contributed by atoms with Gasteiger partial charge >= 0.3 is 104 Å². The van der Waals surface area contributed by atoms with Crippen molar-refractivity contribution in [1.82, 2.24) is 30.6 Å². The van der Waals surface area contributed by atoms with Crippen LogP contribution < -0.4 is 15.3 Å². The molecule has 0 saturated carbocycles. The zero-order chi connectivity index (χ0) is 33.4. The van der Waals surface area contributed by atoms with Crippen LogP contribution in [0.5, 0.6) is 0 Å². The van der Waals surface area contributed by atoms with Crippen molar-refractivity contribution in [2.45, 2.75) is 37.1 Å². The molecule has 0 aliphatic carbocycles. The first-order chi connectivity index (χ1) is 18.4. The SMILES string of the molecule is FC(F)(F)c1n[n-]c(C(F)(F)F)c1Cl.FC(F)(F)c1n[n-]c(C(F)(F)F)c1Cl.FC(F)(F)c1n[n-]c(C(F)(F)F)c1Cl.[Ag+].[Ag+].[Ag+]. The van der Waals surface area contributed by atoms with Gasteiger partial charge in [0.25, 0.3) is 0 Å². The topological polar surface area (TPSA) is 81.0 Å². The van der Waals surface area contributed by atoms with Crippen molar-refractivity contribution in [3.05, 3.63) is 49.2 Å². The van der Waals surface area contributed by atoms with E-state index in [9.17, 15) is 79.0 Å². The fraction of sp³-hybridized carbons (Fsp3) is 0.400. The molecule has 3 aromatic heterocycles. The van der Waals surface area contributed by atoms with E-state index in [1.165, 1.54) is 0 Å². The number of hydrogen-bond acceptors (Lipinski definition) is 3. The fourth-order valence-corrected chi connectivity index (χ4v) is 2.86. The average Bonchev–Trinajstić information content (AvgIpc) is 3.42. The molecule has 45 heavy (non-hydrogen) atoms. The number of halogens is 21. The third-order valence-corrected chi connectivity index (χ3v) is 4.68. The van der Waals surface area contributed by atoms with Gasteiger partial charge in [-0.05, 0) is 17.1 Å². The van der Waals surface area contributed by atoms with Crippen LogP contribution in [0, 0.1) is 0 Å². The predicted molar refractivity (Wildman–Crippen MR) is 97.7 cm³/mol. The molecule has 0 radical (unpaired) electrons. The second-order valence-electron chi connectivity index (χ2n) is 6.62. The van der Waals surface area contributed by atoms with Gasteiger partial charge in [0.15, 0.2) is 0 Å². The first-order valence-electron chi connectivity index (χ1n) is 8.91. The minimum Gasteiger partial charge on any atom is -0.570 e. The van der Waals surface area contributed by atoms with E-state index in [4.69, 9.17) is 34.8 Å². The van der Waals surface area contributed by atoms with Crippen LogP contribution in [0.1, 0.15) is 34.2 Å². The Kier molecular flexibility index (Phi) is 18.1. The fourth-order valence-electron chi connectivity index (χ4n) is 1.99. The first kappa shape index (κ1) is 48.9. The molecule has 0 aliphatic rings. The molecule has 3 rings (SSSR count). The molecule has 0 unspecified atom stereocenters.